The number of fused-ring (bicyclic) bond motifs is 1. The molecule has 1 aliphatic rings. The van der Waals surface area contributed by atoms with Crippen LogP contribution >= 0.6 is 0 Å². The zero-order valence-electron chi connectivity index (χ0n) is 18.7. The van der Waals surface area contributed by atoms with E-state index in [0.29, 0.717) is 24.8 Å². The van der Waals surface area contributed by atoms with Crippen LogP contribution in [0.25, 0.3) is 10.9 Å². The second-order valence-corrected chi connectivity index (χ2v) is 8.99. The summed E-state index contributed by atoms with van der Waals surface area (Å²) in [7, 11) is 0. The van der Waals surface area contributed by atoms with Gasteiger partial charge in [0, 0.05) is 30.8 Å². The van der Waals surface area contributed by atoms with Crippen molar-refractivity contribution in [2.75, 3.05) is 18.0 Å². The van der Waals surface area contributed by atoms with Gasteiger partial charge < -0.3 is 10.2 Å². The molecule has 1 aromatic heterocycles. The largest absolute Gasteiger partial charge is 0.355 e. The highest BCUT2D eigenvalue weighted by atomic mass is 16.1. The first-order valence-corrected chi connectivity index (χ1v) is 11.4. The number of nitrogens with zero attached hydrogens (tertiary/aromatic N) is 3. The fourth-order valence-corrected chi connectivity index (χ4v) is 3.94. The Kier molecular flexibility index (Phi) is 6.50. The van der Waals surface area contributed by atoms with Gasteiger partial charge in [-0.25, -0.2) is 9.97 Å². The maximum Gasteiger partial charge on any atom is 0.222 e. The third-order valence-electron chi connectivity index (χ3n) is 5.71. The fourth-order valence-electron chi connectivity index (χ4n) is 3.94. The molecule has 0 spiro atoms. The number of benzene rings is 2. The summed E-state index contributed by atoms with van der Waals surface area (Å²) < 4.78 is 0. The van der Waals surface area contributed by atoms with Crippen LogP contribution in [0.2, 0.25) is 0 Å². The Labute approximate surface area is 184 Å². The molecule has 0 bridgehead atoms. The molecule has 5 heteroatoms. The average molecular weight is 417 g/mol. The van der Waals surface area contributed by atoms with Crippen LogP contribution in [0.3, 0.4) is 0 Å². The smallest absolute Gasteiger partial charge is 0.222 e. The summed E-state index contributed by atoms with van der Waals surface area (Å²) in [6.45, 7) is 7.92. The van der Waals surface area contributed by atoms with Crippen LogP contribution < -0.4 is 10.2 Å². The number of nitrogens with one attached hydrogen (secondary N) is 1. The number of amides is 1. The maximum absolute atomic E-state index is 12.7. The minimum Gasteiger partial charge on any atom is -0.355 e. The van der Waals surface area contributed by atoms with Crippen molar-refractivity contribution in [2.24, 2.45) is 5.92 Å². The Balaban J connectivity index is 1.52. The van der Waals surface area contributed by atoms with Gasteiger partial charge in [-0.05, 0) is 43.4 Å². The molecule has 1 fully saturated rings. The number of carbonyl (C=O) groups is 1. The highest BCUT2D eigenvalue weighted by Crippen LogP contribution is 2.40. The van der Waals surface area contributed by atoms with Crippen molar-refractivity contribution in [2.45, 2.75) is 52.0 Å². The van der Waals surface area contributed by atoms with Crippen molar-refractivity contribution in [3.63, 3.8) is 0 Å². The monoisotopic (exact) mass is 416 g/mol. The highest BCUT2D eigenvalue weighted by molar-refractivity contribution is 5.90. The van der Waals surface area contributed by atoms with Crippen LogP contribution in [0.4, 0.5) is 5.82 Å². The zero-order chi connectivity index (χ0) is 21.8. The van der Waals surface area contributed by atoms with E-state index in [1.54, 1.807) is 0 Å². The number of rotatable bonds is 9. The molecule has 0 radical (unpaired) electrons. The van der Waals surface area contributed by atoms with Crippen molar-refractivity contribution >= 4 is 22.6 Å². The van der Waals surface area contributed by atoms with Crippen molar-refractivity contribution < 1.29 is 4.79 Å². The van der Waals surface area contributed by atoms with Gasteiger partial charge in [0.15, 0.2) is 0 Å². The normalized spacial score (nSPS) is 14.6. The Morgan fingerprint density at radius 1 is 1.03 bits per heavy atom. The molecule has 1 amide bonds. The first kappa shape index (κ1) is 21.3. The van der Waals surface area contributed by atoms with Gasteiger partial charge in [0.2, 0.25) is 5.91 Å². The molecule has 1 saturated carbocycles. The minimum absolute atomic E-state index is 0.00593. The van der Waals surface area contributed by atoms with E-state index >= 15 is 0 Å². The average Bonchev–Trinajstić information content (AvgIpc) is 3.62. The lowest BCUT2D eigenvalue weighted by atomic mass is 10.1. The molecular weight excluding hydrogens is 384 g/mol. The zero-order valence-corrected chi connectivity index (χ0v) is 18.7. The summed E-state index contributed by atoms with van der Waals surface area (Å²) in [6, 6.07) is 18.3. The van der Waals surface area contributed by atoms with E-state index in [2.05, 4.69) is 36.2 Å². The number of hydrogen-bond donors (Lipinski definition) is 1. The fraction of sp³-hybridized carbons (Fsp3) is 0.423. The topological polar surface area (TPSA) is 58.1 Å². The summed E-state index contributed by atoms with van der Waals surface area (Å²) in [4.78, 5) is 24.8. The predicted molar refractivity (Wildman–Crippen MR) is 126 cm³/mol. The van der Waals surface area contributed by atoms with Gasteiger partial charge in [-0.3, -0.25) is 4.79 Å². The predicted octanol–water partition coefficient (Wildman–Crippen LogP) is 5.24. The molecule has 0 unspecified atom stereocenters. The van der Waals surface area contributed by atoms with Crippen molar-refractivity contribution in [3.05, 3.63) is 66.0 Å². The Morgan fingerprint density at radius 2 is 1.74 bits per heavy atom. The first-order valence-electron chi connectivity index (χ1n) is 11.4. The van der Waals surface area contributed by atoms with Gasteiger partial charge in [-0.15, -0.1) is 0 Å². The van der Waals surface area contributed by atoms with Crippen LogP contribution in [0.15, 0.2) is 54.6 Å². The van der Waals surface area contributed by atoms with Crippen molar-refractivity contribution in [3.8, 4) is 0 Å². The van der Waals surface area contributed by atoms with Gasteiger partial charge in [0.1, 0.15) is 11.6 Å². The lowest BCUT2D eigenvalue weighted by Gasteiger charge is -2.27. The molecule has 3 aromatic rings. The van der Waals surface area contributed by atoms with Gasteiger partial charge in [-0.1, -0.05) is 56.3 Å². The molecule has 1 atom stereocenters. The van der Waals surface area contributed by atoms with Crippen molar-refractivity contribution in [1.82, 2.24) is 15.3 Å². The number of carbonyl (C=O) groups excluding carboxylic acids is 1. The standard InChI is InChI=1S/C26H32N4O/c1-18(2)17-30(16-15-24(31)27-19(3)20-9-5-4-6-10-20)26-22-11-7-8-12-23(22)28-25(29-26)21-13-14-21/h4-12,18-19,21H,13-17H2,1-3H3,(H,27,31)/t19-/m0/s1. The number of anilines is 1. The second kappa shape index (κ2) is 9.46. The SMILES string of the molecule is CC(C)CN(CCC(=O)N[C@@H](C)c1ccccc1)c1nc(C2CC2)nc2ccccc12. The maximum atomic E-state index is 12.7. The van der Waals surface area contributed by atoms with Gasteiger partial charge in [-0.2, -0.15) is 0 Å². The summed E-state index contributed by atoms with van der Waals surface area (Å²) >= 11 is 0. The summed E-state index contributed by atoms with van der Waals surface area (Å²) in [5.74, 6) is 2.92. The van der Waals surface area contributed by atoms with Crippen LogP contribution in [0.5, 0.6) is 0 Å². The van der Waals surface area contributed by atoms with Crippen LogP contribution in [-0.2, 0) is 4.79 Å². The van der Waals surface area contributed by atoms with E-state index in [-0.39, 0.29) is 11.9 Å². The molecule has 2 aromatic carbocycles. The van der Waals surface area contributed by atoms with E-state index in [1.807, 2.05) is 49.4 Å². The van der Waals surface area contributed by atoms with Gasteiger partial charge in [0.05, 0.1) is 11.6 Å². The second-order valence-electron chi connectivity index (χ2n) is 8.99. The molecule has 162 valence electrons. The van der Waals surface area contributed by atoms with Crippen LogP contribution in [0.1, 0.15) is 63.4 Å². The molecule has 31 heavy (non-hydrogen) atoms. The highest BCUT2D eigenvalue weighted by Gasteiger charge is 2.28. The number of para-hydroxylation sites is 1. The number of aromatic nitrogens is 2. The molecule has 0 saturated heterocycles. The summed E-state index contributed by atoms with van der Waals surface area (Å²) in [5.41, 5.74) is 2.11. The lowest BCUT2D eigenvalue weighted by Crippen LogP contribution is -2.34. The summed E-state index contributed by atoms with van der Waals surface area (Å²) in [6.07, 6.45) is 2.77. The van der Waals surface area contributed by atoms with Crippen LogP contribution in [-0.4, -0.2) is 29.0 Å². The van der Waals surface area contributed by atoms with Crippen molar-refractivity contribution in [1.29, 1.82) is 0 Å². The molecule has 1 N–H and O–H groups in total. The van der Waals surface area contributed by atoms with E-state index in [0.717, 1.165) is 34.7 Å². The lowest BCUT2D eigenvalue weighted by molar-refractivity contribution is -0.121. The summed E-state index contributed by atoms with van der Waals surface area (Å²) in [5, 5.41) is 4.20. The quantitative estimate of drug-likeness (QED) is 0.518. The molecule has 0 aliphatic heterocycles. The molecule has 1 aliphatic carbocycles. The van der Waals surface area contributed by atoms with E-state index < -0.39 is 0 Å². The van der Waals surface area contributed by atoms with E-state index in [4.69, 9.17) is 9.97 Å². The Hall–Kier alpha value is -2.95. The van der Waals surface area contributed by atoms with Gasteiger partial charge in [0.25, 0.3) is 0 Å². The Morgan fingerprint density at radius 3 is 2.45 bits per heavy atom. The van der Waals surface area contributed by atoms with E-state index in [1.165, 1.54) is 12.8 Å². The van der Waals surface area contributed by atoms with Gasteiger partial charge >= 0.3 is 0 Å². The van der Waals surface area contributed by atoms with E-state index in [9.17, 15) is 4.79 Å². The third-order valence-corrected chi connectivity index (χ3v) is 5.71. The molecular formula is C26H32N4O. The number of hydrogen-bond acceptors (Lipinski definition) is 4. The minimum atomic E-state index is -0.00593. The molecule has 4 rings (SSSR count). The first-order chi connectivity index (χ1) is 15.0. The Bertz CT molecular complexity index is 1030. The molecule has 5 nitrogen and oxygen atoms in total. The van der Waals surface area contributed by atoms with Crippen LogP contribution in [0, 0.1) is 5.92 Å². The molecule has 1 heterocycles. The third kappa shape index (κ3) is 5.40.